The summed E-state index contributed by atoms with van der Waals surface area (Å²) in [4.78, 5) is 7.56. The number of rotatable bonds is 3. The lowest BCUT2D eigenvalue weighted by Crippen LogP contribution is -2.44. The minimum atomic E-state index is 0.465. The first-order chi connectivity index (χ1) is 8.43. The van der Waals surface area contributed by atoms with Crippen molar-refractivity contribution in [2.24, 2.45) is 16.7 Å². The summed E-state index contributed by atoms with van der Waals surface area (Å²) in [5.74, 6) is 1.91. The Balaban J connectivity index is 1.69. The van der Waals surface area contributed by atoms with Crippen LogP contribution in [0.3, 0.4) is 0 Å². The molecule has 18 heavy (non-hydrogen) atoms. The van der Waals surface area contributed by atoms with E-state index < -0.39 is 0 Å². The van der Waals surface area contributed by atoms with Crippen LogP contribution < -0.4 is 5.32 Å². The fourth-order valence-electron chi connectivity index (χ4n) is 4.31. The highest BCUT2D eigenvalue weighted by Crippen LogP contribution is 2.65. The number of nitrogens with zero attached hydrogens (tertiary/aromatic N) is 1. The lowest BCUT2D eigenvalue weighted by molar-refractivity contribution is 0.120. The van der Waals surface area contributed by atoms with Crippen molar-refractivity contribution in [2.75, 3.05) is 0 Å². The summed E-state index contributed by atoms with van der Waals surface area (Å²) in [5.41, 5.74) is 2.16. The number of hydrogen-bond donors (Lipinski definition) is 2. The average Bonchev–Trinajstić information content (AvgIpc) is 2.87. The highest BCUT2D eigenvalue weighted by molar-refractivity contribution is 5.13. The molecule has 3 nitrogen and oxygen atoms in total. The quantitative estimate of drug-likeness (QED) is 0.862. The molecule has 0 radical (unpaired) electrons. The maximum Gasteiger partial charge on any atom is 0.103 e. The average molecular weight is 247 g/mol. The molecule has 0 amide bonds. The lowest BCUT2D eigenvalue weighted by atomic mass is 9.69. The predicted molar refractivity (Wildman–Crippen MR) is 73.2 cm³/mol. The van der Waals surface area contributed by atoms with Crippen LogP contribution in [0.4, 0.5) is 0 Å². The normalized spacial score (nSPS) is 37.3. The van der Waals surface area contributed by atoms with Crippen molar-refractivity contribution < 1.29 is 0 Å². The Morgan fingerprint density at radius 2 is 2.22 bits per heavy atom. The third-order valence-electron chi connectivity index (χ3n) is 6.09. The molecule has 1 aromatic rings. The molecule has 0 aliphatic heterocycles. The summed E-state index contributed by atoms with van der Waals surface area (Å²) in [6.45, 7) is 10.3. The molecule has 2 saturated carbocycles. The van der Waals surface area contributed by atoms with Gasteiger partial charge in [0.1, 0.15) is 5.82 Å². The summed E-state index contributed by atoms with van der Waals surface area (Å²) < 4.78 is 0. The topological polar surface area (TPSA) is 40.7 Å². The molecule has 3 heteroatoms. The summed E-state index contributed by atoms with van der Waals surface area (Å²) in [5, 5.41) is 3.77. The zero-order chi connectivity index (χ0) is 13.0. The molecule has 100 valence electrons. The van der Waals surface area contributed by atoms with Crippen molar-refractivity contribution in [3.8, 4) is 0 Å². The first-order valence-electron chi connectivity index (χ1n) is 7.17. The predicted octanol–water partition coefficient (Wildman–Crippen LogP) is 3.02. The monoisotopic (exact) mass is 247 g/mol. The molecule has 2 fully saturated rings. The Labute approximate surface area is 110 Å². The Kier molecular flexibility index (Phi) is 2.60. The number of imidazole rings is 1. The summed E-state index contributed by atoms with van der Waals surface area (Å²) in [7, 11) is 0. The third kappa shape index (κ3) is 1.56. The van der Waals surface area contributed by atoms with Crippen molar-refractivity contribution in [1.82, 2.24) is 15.3 Å². The van der Waals surface area contributed by atoms with Gasteiger partial charge in [-0.15, -0.1) is 0 Å². The van der Waals surface area contributed by atoms with Gasteiger partial charge in [-0.05, 0) is 42.9 Å². The van der Waals surface area contributed by atoms with Gasteiger partial charge in [0.05, 0.1) is 0 Å². The summed E-state index contributed by atoms with van der Waals surface area (Å²) >= 11 is 0. The van der Waals surface area contributed by atoms with E-state index in [0.29, 0.717) is 16.9 Å². The minimum absolute atomic E-state index is 0.465. The highest BCUT2D eigenvalue weighted by atomic mass is 15.0. The van der Waals surface area contributed by atoms with E-state index in [-0.39, 0.29) is 0 Å². The number of aromatic nitrogens is 2. The molecule has 1 heterocycles. The van der Waals surface area contributed by atoms with Gasteiger partial charge in [0.25, 0.3) is 0 Å². The van der Waals surface area contributed by atoms with Gasteiger partial charge in [-0.2, -0.15) is 0 Å². The Morgan fingerprint density at radius 1 is 1.44 bits per heavy atom. The molecule has 0 aromatic carbocycles. The second kappa shape index (κ2) is 3.83. The van der Waals surface area contributed by atoms with Crippen LogP contribution in [0, 0.1) is 23.7 Å². The van der Waals surface area contributed by atoms with Gasteiger partial charge in [-0.1, -0.05) is 20.8 Å². The number of nitrogens with one attached hydrogen (secondary N) is 2. The van der Waals surface area contributed by atoms with Crippen molar-refractivity contribution in [3.05, 3.63) is 17.7 Å². The van der Waals surface area contributed by atoms with E-state index in [2.05, 4.69) is 36.1 Å². The van der Waals surface area contributed by atoms with Crippen LogP contribution in [0.1, 0.15) is 51.6 Å². The van der Waals surface area contributed by atoms with Crippen molar-refractivity contribution in [3.63, 3.8) is 0 Å². The van der Waals surface area contributed by atoms with E-state index in [1.807, 2.05) is 13.1 Å². The molecule has 3 rings (SSSR count). The van der Waals surface area contributed by atoms with E-state index in [9.17, 15) is 0 Å². The highest BCUT2D eigenvalue weighted by Gasteiger charge is 2.60. The van der Waals surface area contributed by atoms with Crippen LogP contribution in [0.25, 0.3) is 0 Å². The molecular formula is C15H25N3. The Bertz CT molecular complexity index is 448. The SMILES string of the molecule is Cc1ncc(CNC2CC3CCC2(C)C3(C)C)[nH]1. The summed E-state index contributed by atoms with van der Waals surface area (Å²) in [6, 6.07) is 0.662. The van der Waals surface area contributed by atoms with Crippen LogP contribution in [0.15, 0.2) is 6.20 Å². The maximum atomic E-state index is 4.26. The Morgan fingerprint density at radius 3 is 2.72 bits per heavy atom. The van der Waals surface area contributed by atoms with Crippen LogP contribution in [-0.4, -0.2) is 16.0 Å². The van der Waals surface area contributed by atoms with Gasteiger partial charge in [0, 0.05) is 24.5 Å². The molecule has 2 aliphatic rings. The molecule has 0 saturated heterocycles. The zero-order valence-corrected chi connectivity index (χ0v) is 12.0. The number of H-pyrrole nitrogens is 1. The van der Waals surface area contributed by atoms with E-state index in [1.54, 1.807) is 0 Å². The zero-order valence-electron chi connectivity index (χ0n) is 12.0. The number of fused-ring (bicyclic) bond motifs is 2. The standard InChI is InChI=1S/C15H25N3/c1-10-16-8-12(18-10)9-17-13-7-11-5-6-15(13,4)14(11,2)3/h8,11,13,17H,5-7,9H2,1-4H3,(H,16,18). The fourth-order valence-corrected chi connectivity index (χ4v) is 4.31. The van der Waals surface area contributed by atoms with Gasteiger partial charge < -0.3 is 10.3 Å². The van der Waals surface area contributed by atoms with E-state index in [4.69, 9.17) is 0 Å². The number of aryl methyl sites for hydroxylation is 1. The maximum absolute atomic E-state index is 4.26. The van der Waals surface area contributed by atoms with E-state index >= 15 is 0 Å². The molecule has 2 bridgehead atoms. The Hall–Kier alpha value is -0.830. The number of hydrogen-bond acceptors (Lipinski definition) is 2. The smallest absolute Gasteiger partial charge is 0.103 e. The largest absolute Gasteiger partial charge is 0.345 e. The first kappa shape index (κ1) is 12.2. The van der Waals surface area contributed by atoms with Gasteiger partial charge in [0.2, 0.25) is 0 Å². The third-order valence-corrected chi connectivity index (χ3v) is 6.09. The molecule has 2 aliphatic carbocycles. The number of aromatic amines is 1. The van der Waals surface area contributed by atoms with Gasteiger partial charge in [0.15, 0.2) is 0 Å². The van der Waals surface area contributed by atoms with E-state index in [1.165, 1.54) is 25.0 Å². The van der Waals surface area contributed by atoms with Gasteiger partial charge >= 0.3 is 0 Å². The molecule has 3 unspecified atom stereocenters. The molecule has 1 aromatic heterocycles. The molecule has 3 atom stereocenters. The van der Waals surface area contributed by atoms with Gasteiger partial charge in [-0.25, -0.2) is 4.98 Å². The van der Waals surface area contributed by atoms with Crippen LogP contribution in [-0.2, 0) is 6.54 Å². The fraction of sp³-hybridized carbons (Fsp3) is 0.800. The lowest BCUT2D eigenvalue weighted by Gasteiger charge is -2.39. The van der Waals surface area contributed by atoms with Crippen molar-refractivity contribution in [2.45, 2.75) is 59.5 Å². The second-order valence-electron chi connectivity index (χ2n) is 7.04. The molecular weight excluding hydrogens is 222 g/mol. The van der Waals surface area contributed by atoms with Crippen LogP contribution in [0.2, 0.25) is 0 Å². The first-order valence-corrected chi connectivity index (χ1v) is 7.17. The molecule has 0 spiro atoms. The van der Waals surface area contributed by atoms with E-state index in [0.717, 1.165) is 18.3 Å². The molecule has 2 N–H and O–H groups in total. The second-order valence-corrected chi connectivity index (χ2v) is 7.04. The van der Waals surface area contributed by atoms with Crippen LogP contribution in [0.5, 0.6) is 0 Å². The summed E-state index contributed by atoms with van der Waals surface area (Å²) in [6.07, 6.45) is 6.09. The van der Waals surface area contributed by atoms with Crippen LogP contribution >= 0.6 is 0 Å². The minimum Gasteiger partial charge on any atom is -0.345 e. The van der Waals surface area contributed by atoms with Crippen molar-refractivity contribution >= 4 is 0 Å². The van der Waals surface area contributed by atoms with Gasteiger partial charge in [-0.3, -0.25) is 0 Å². The van der Waals surface area contributed by atoms with Crippen molar-refractivity contribution in [1.29, 1.82) is 0 Å².